The van der Waals surface area contributed by atoms with E-state index in [0.717, 1.165) is 39.3 Å². The first-order valence-electron chi connectivity index (χ1n) is 9.35. The van der Waals surface area contributed by atoms with Gasteiger partial charge >= 0.3 is 6.03 Å². The van der Waals surface area contributed by atoms with Gasteiger partial charge in [0.15, 0.2) is 0 Å². The molecule has 2 aromatic rings. The number of amides is 3. The van der Waals surface area contributed by atoms with E-state index in [0.29, 0.717) is 13.2 Å². The van der Waals surface area contributed by atoms with Crippen LogP contribution >= 0.6 is 0 Å². The van der Waals surface area contributed by atoms with Crippen molar-refractivity contribution in [3.63, 3.8) is 0 Å². The SMILES string of the molecule is Cc1cc(C)cc(OCCNC(=O)NCC(=O)Nc2c(C)cc(C)cc2C)c1. The molecule has 0 aliphatic heterocycles. The Morgan fingerprint density at radius 1 is 0.821 bits per heavy atom. The number of aryl methyl sites for hydroxylation is 5. The maximum absolute atomic E-state index is 12.1. The van der Waals surface area contributed by atoms with Gasteiger partial charge in [-0.3, -0.25) is 4.79 Å². The third kappa shape index (κ3) is 6.61. The van der Waals surface area contributed by atoms with Crippen LogP contribution in [0.4, 0.5) is 10.5 Å². The lowest BCUT2D eigenvalue weighted by Gasteiger charge is -2.13. The molecule has 150 valence electrons. The Hall–Kier alpha value is -3.02. The van der Waals surface area contributed by atoms with Crippen molar-refractivity contribution in [2.75, 3.05) is 25.0 Å². The molecule has 0 unspecified atom stereocenters. The molecule has 0 radical (unpaired) electrons. The lowest BCUT2D eigenvalue weighted by atomic mass is 10.1. The smallest absolute Gasteiger partial charge is 0.315 e. The fourth-order valence-electron chi connectivity index (χ4n) is 3.13. The predicted molar refractivity (Wildman–Crippen MR) is 112 cm³/mol. The van der Waals surface area contributed by atoms with Crippen LogP contribution in [0.2, 0.25) is 0 Å². The van der Waals surface area contributed by atoms with E-state index < -0.39 is 6.03 Å². The molecule has 0 saturated heterocycles. The van der Waals surface area contributed by atoms with Gasteiger partial charge in [0.1, 0.15) is 12.4 Å². The molecule has 0 aliphatic rings. The molecule has 0 saturated carbocycles. The average molecular weight is 383 g/mol. The highest BCUT2D eigenvalue weighted by Gasteiger charge is 2.09. The summed E-state index contributed by atoms with van der Waals surface area (Å²) in [4.78, 5) is 23.9. The molecule has 3 N–H and O–H groups in total. The number of nitrogens with one attached hydrogen (secondary N) is 3. The van der Waals surface area contributed by atoms with Gasteiger partial charge in [-0.1, -0.05) is 23.8 Å². The lowest BCUT2D eigenvalue weighted by Crippen LogP contribution is -2.41. The second-order valence-electron chi connectivity index (χ2n) is 7.10. The fourth-order valence-corrected chi connectivity index (χ4v) is 3.13. The highest BCUT2D eigenvalue weighted by atomic mass is 16.5. The van der Waals surface area contributed by atoms with Crippen molar-refractivity contribution in [2.24, 2.45) is 0 Å². The van der Waals surface area contributed by atoms with Gasteiger partial charge in [0.2, 0.25) is 5.91 Å². The van der Waals surface area contributed by atoms with Crippen LogP contribution in [0, 0.1) is 34.6 Å². The van der Waals surface area contributed by atoms with Crippen LogP contribution in [0.3, 0.4) is 0 Å². The zero-order chi connectivity index (χ0) is 20.7. The molecule has 0 fully saturated rings. The molecule has 28 heavy (non-hydrogen) atoms. The number of rotatable bonds is 7. The summed E-state index contributed by atoms with van der Waals surface area (Å²) in [5.74, 6) is 0.514. The largest absolute Gasteiger partial charge is 0.492 e. The van der Waals surface area contributed by atoms with E-state index in [1.807, 2.05) is 58.9 Å². The van der Waals surface area contributed by atoms with Crippen LogP contribution in [-0.4, -0.2) is 31.6 Å². The normalized spacial score (nSPS) is 10.3. The average Bonchev–Trinajstić information content (AvgIpc) is 2.59. The zero-order valence-corrected chi connectivity index (χ0v) is 17.2. The lowest BCUT2D eigenvalue weighted by molar-refractivity contribution is -0.115. The van der Waals surface area contributed by atoms with Crippen molar-refractivity contribution in [3.8, 4) is 5.75 Å². The van der Waals surface area contributed by atoms with Crippen LogP contribution in [0.1, 0.15) is 27.8 Å². The van der Waals surface area contributed by atoms with Crippen molar-refractivity contribution < 1.29 is 14.3 Å². The minimum atomic E-state index is -0.406. The van der Waals surface area contributed by atoms with Gasteiger partial charge in [-0.2, -0.15) is 0 Å². The third-order valence-corrected chi connectivity index (χ3v) is 4.20. The number of benzene rings is 2. The second kappa shape index (κ2) is 9.78. The van der Waals surface area contributed by atoms with E-state index >= 15 is 0 Å². The van der Waals surface area contributed by atoms with Crippen molar-refractivity contribution >= 4 is 17.6 Å². The van der Waals surface area contributed by atoms with E-state index in [1.165, 1.54) is 0 Å². The summed E-state index contributed by atoms with van der Waals surface area (Å²) in [6, 6.07) is 9.59. The first-order chi connectivity index (χ1) is 13.2. The molecule has 0 atom stereocenters. The van der Waals surface area contributed by atoms with E-state index in [2.05, 4.69) is 22.0 Å². The summed E-state index contributed by atoms with van der Waals surface area (Å²) in [6.45, 7) is 10.5. The summed E-state index contributed by atoms with van der Waals surface area (Å²) in [5.41, 5.74) is 6.20. The monoisotopic (exact) mass is 383 g/mol. The quantitative estimate of drug-likeness (QED) is 0.640. The molecule has 2 rings (SSSR count). The van der Waals surface area contributed by atoms with Gasteiger partial charge in [0.25, 0.3) is 0 Å². The van der Waals surface area contributed by atoms with Crippen LogP contribution < -0.4 is 20.7 Å². The number of urea groups is 1. The van der Waals surface area contributed by atoms with Gasteiger partial charge in [-0.15, -0.1) is 0 Å². The van der Waals surface area contributed by atoms with Crippen LogP contribution in [0.15, 0.2) is 30.3 Å². The number of hydrogen-bond acceptors (Lipinski definition) is 3. The fraction of sp³-hybridized carbons (Fsp3) is 0.364. The van der Waals surface area contributed by atoms with Gasteiger partial charge in [-0.25, -0.2) is 4.79 Å². The minimum Gasteiger partial charge on any atom is -0.492 e. The maximum atomic E-state index is 12.1. The van der Waals surface area contributed by atoms with Crippen LogP contribution in [0.25, 0.3) is 0 Å². The molecular weight excluding hydrogens is 354 g/mol. The number of ether oxygens (including phenoxy) is 1. The molecule has 0 aliphatic carbocycles. The van der Waals surface area contributed by atoms with Crippen molar-refractivity contribution in [1.29, 1.82) is 0 Å². The van der Waals surface area contributed by atoms with Crippen molar-refractivity contribution in [2.45, 2.75) is 34.6 Å². The Kier molecular flexibility index (Phi) is 7.44. The summed E-state index contributed by atoms with van der Waals surface area (Å²) in [6.07, 6.45) is 0. The predicted octanol–water partition coefficient (Wildman–Crippen LogP) is 3.55. The summed E-state index contributed by atoms with van der Waals surface area (Å²) >= 11 is 0. The number of carbonyl (C=O) groups excluding carboxylic acids is 2. The molecule has 2 aromatic carbocycles. The van der Waals surface area contributed by atoms with Crippen LogP contribution in [-0.2, 0) is 4.79 Å². The van der Waals surface area contributed by atoms with Gasteiger partial charge in [0, 0.05) is 5.69 Å². The number of carbonyl (C=O) groups is 2. The molecule has 6 heteroatoms. The summed E-state index contributed by atoms with van der Waals surface area (Å²) in [7, 11) is 0. The first kappa shape index (κ1) is 21.3. The highest BCUT2D eigenvalue weighted by molar-refractivity contribution is 5.95. The molecular formula is C22H29N3O3. The zero-order valence-electron chi connectivity index (χ0n) is 17.2. The van der Waals surface area contributed by atoms with Crippen molar-refractivity contribution in [1.82, 2.24) is 10.6 Å². The van der Waals surface area contributed by atoms with E-state index in [-0.39, 0.29) is 12.5 Å². The second-order valence-corrected chi connectivity index (χ2v) is 7.10. The van der Waals surface area contributed by atoms with E-state index in [4.69, 9.17) is 4.74 Å². The summed E-state index contributed by atoms with van der Waals surface area (Å²) < 4.78 is 5.64. The topological polar surface area (TPSA) is 79.5 Å². The molecule has 0 heterocycles. The number of hydrogen-bond donors (Lipinski definition) is 3. The number of anilines is 1. The molecule has 0 aromatic heterocycles. The first-order valence-corrected chi connectivity index (χ1v) is 9.35. The Morgan fingerprint density at radius 2 is 1.39 bits per heavy atom. The Bertz CT molecular complexity index is 819. The van der Waals surface area contributed by atoms with Crippen LogP contribution in [0.5, 0.6) is 5.75 Å². The van der Waals surface area contributed by atoms with E-state index in [1.54, 1.807) is 0 Å². The van der Waals surface area contributed by atoms with Gasteiger partial charge in [-0.05, 0) is 69.0 Å². The molecule has 0 spiro atoms. The summed E-state index contributed by atoms with van der Waals surface area (Å²) in [5, 5.41) is 8.08. The third-order valence-electron chi connectivity index (χ3n) is 4.20. The van der Waals surface area contributed by atoms with Gasteiger partial charge < -0.3 is 20.7 Å². The maximum Gasteiger partial charge on any atom is 0.315 e. The Labute approximate surface area is 166 Å². The standard InChI is InChI=1S/C22H29N3O3/c1-14-8-15(2)12-19(11-14)28-7-6-23-22(27)24-13-20(26)25-21-17(4)9-16(3)10-18(21)5/h8-12H,6-7,13H2,1-5H3,(H,25,26)(H2,23,24,27). The molecule has 6 nitrogen and oxygen atoms in total. The van der Waals surface area contributed by atoms with Gasteiger partial charge in [0.05, 0.1) is 13.1 Å². The molecule has 3 amide bonds. The minimum absolute atomic E-state index is 0.101. The highest BCUT2D eigenvalue weighted by Crippen LogP contribution is 2.21. The Balaban J connectivity index is 1.70. The van der Waals surface area contributed by atoms with E-state index in [9.17, 15) is 9.59 Å². The Morgan fingerprint density at radius 3 is 2.00 bits per heavy atom. The molecule has 0 bridgehead atoms. The van der Waals surface area contributed by atoms with Crippen molar-refractivity contribution in [3.05, 3.63) is 58.1 Å².